The van der Waals surface area contributed by atoms with Crippen LogP contribution in [0.25, 0.3) is 0 Å². The van der Waals surface area contributed by atoms with Crippen molar-refractivity contribution in [1.82, 2.24) is 15.5 Å². The lowest BCUT2D eigenvalue weighted by molar-refractivity contribution is -0.122. The number of carbonyl (C=O) groups excluding carboxylic acids is 1. The second-order valence-electron chi connectivity index (χ2n) is 6.39. The Kier molecular flexibility index (Phi) is 5.51. The summed E-state index contributed by atoms with van der Waals surface area (Å²) in [5.41, 5.74) is 1.06. The predicted molar refractivity (Wildman–Crippen MR) is 91.6 cm³/mol. The van der Waals surface area contributed by atoms with Gasteiger partial charge in [-0.25, -0.2) is 0 Å². The van der Waals surface area contributed by atoms with E-state index in [1.807, 2.05) is 24.3 Å². The van der Waals surface area contributed by atoms with Crippen LogP contribution in [0.4, 0.5) is 0 Å². The van der Waals surface area contributed by atoms with Crippen molar-refractivity contribution < 1.29 is 9.21 Å². The van der Waals surface area contributed by atoms with E-state index < -0.39 is 0 Å². The number of nitrogens with zero attached hydrogens (tertiary/aromatic N) is 2. The maximum atomic E-state index is 12.5. The summed E-state index contributed by atoms with van der Waals surface area (Å²) in [6, 6.07) is 7.73. The number of rotatable bonds is 5. The summed E-state index contributed by atoms with van der Waals surface area (Å²) >= 11 is 6.15. The first-order valence-electron chi connectivity index (χ1n) is 8.45. The average molecular weight is 348 g/mol. The minimum atomic E-state index is -0.103. The molecule has 128 valence electrons. The molecule has 1 amide bonds. The van der Waals surface area contributed by atoms with Gasteiger partial charge in [0.1, 0.15) is 6.42 Å². The van der Waals surface area contributed by atoms with Crippen molar-refractivity contribution >= 4 is 17.5 Å². The van der Waals surface area contributed by atoms with Gasteiger partial charge in [0.2, 0.25) is 17.7 Å². The number of nitrogens with one attached hydrogen (secondary N) is 1. The van der Waals surface area contributed by atoms with E-state index in [4.69, 9.17) is 16.0 Å². The summed E-state index contributed by atoms with van der Waals surface area (Å²) in [6.45, 7) is 1.71. The van der Waals surface area contributed by atoms with Gasteiger partial charge in [-0.15, -0.1) is 10.2 Å². The van der Waals surface area contributed by atoms with E-state index in [9.17, 15) is 4.79 Å². The summed E-state index contributed by atoms with van der Waals surface area (Å²) < 4.78 is 5.30. The summed E-state index contributed by atoms with van der Waals surface area (Å²) in [5, 5.41) is 11.5. The number of benzene rings is 1. The maximum absolute atomic E-state index is 12.5. The molecule has 1 aromatic heterocycles. The molecular weight excluding hydrogens is 326 g/mol. The minimum absolute atomic E-state index is 0.0273. The van der Waals surface area contributed by atoms with E-state index in [1.54, 1.807) is 6.92 Å². The molecule has 1 atom stereocenters. The molecule has 6 heteroatoms. The number of carbonyl (C=O) groups is 1. The third-order valence-corrected chi connectivity index (χ3v) is 4.76. The predicted octanol–water partition coefficient (Wildman–Crippen LogP) is 4.01. The van der Waals surface area contributed by atoms with Crippen LogP contribution >= 0.6 is 11.6 Å². The van der Waals surface area contributed by atoms with E-state index in [2.05, 4.69) is 15.5 Å². The average Bonchev–Trinajstić information content (AvgIpc) is 2.98. The van der Waals surface area contributed by atoms with Crippen molar-refractivity contribution in [3.05, 3.63) is 46.6 Å². The summed E-state index contributed by atoms with van der Waals surface area (Å²) in [4.78, 5) is 12.5. The normalized spacial score (nSPS) is 16.8. The van der Waals surface area contributed by atoms with Crippen LogP contribution in [0.1, 0.15) is 55.5 Å². The second-order valence-corrected chi connectivity index (χ2v) is 6.83. The number of hydrogen-bond donors (Lipinski definition) is 1. The maximum Gasteiger partial charge on any atom is 0.229 e. The Balaban J connectivity index is 1.75. The zero-order chi connectivity index (χ0) is 16.9. The van der Waals surface area contributed by atoms with Crippen molar-refractivity contribution in [3.63, 3.8) is 0 Å². The SMILES string of the molecule is Cc1nnc(CC(=O)N[C@H](c2cccc(Cl)c2)C2CCCCC2)o1. The van der Waals surface area contributed by atoms with Gasteiger partial charge in [-0.05, 0) is 36.5 Å². The molecule has 1 aromatic carbocycles. The van der Waals surface area contributed by atoms with Crippen molar-refractivity contribution in [2.24, 2.45) is 5.92 Å². The van der Waals surface area contributed by atoms with Gasteiger partial charge in [0.05, 0.1) is 6.04 Å². The fraction of sp³-hybridized carbons (Fsp3) is 0.500. The molecule has 0 saturated heterocycles. The lowest BCUT2D eigenvalue weighted by Gasteiger charge is -2.31. The molecular formula is C18H22ClN3O2. The molecule has 0 bridgehead atoms. The molecule has 0 aliphatic heterocycles. The van der Waals surface area contributed by atoms with Gasteiger partial charge < -0.3 is 9.73 Å². The number of amides is 1. The van der Waals surface area contributed by atoms with E-state index in [0.29, 0.717) is 22.7 Å². The lowest BCUT2D eigenvalue weighted by atomic mass is 9.81. The van der Waals surface area contributed by atoms with Gasteiger partial charge in [-0.2, -0.15) is 0 Å². The third-order valence-electron chi connectivity index (χ3n) is 4.53. The topological polar surface area (TPSA) is 68.0 Å². The highest BCUT2D eigenvalue weighted by Crippen LogP contribution is 2.35. The molecule has 2 aromatic rings. The number of hydrogen-bond acceptors (Lipinski definition) is 4. The lowest BCUT2D eigenvalue weighted by Crippen LogP contribution is -2.35. The number of aryl methyl sites for hydroxylation is 1. The van der Waals surface area contributed by atoms with Crippen molar-refractivity contribution in [2.75, 3.05) is 0 Å². The van der Waals surface area contributed by atoms with E-state index in [1.165, 1.54) is 19.3 Å². The molecule has 24 heavy (non-hydrogen) atoms. The Morgan fingerprint density at radius 2 is 2.12 bits per heavy atom. The number of aromatic nitrogens is 2. The van der Waals surface area contributed by atoms with Crippen molar-refractivity contribution in [2.45, 2.75) is 51.5 Å². The van der Waals surface area contributed by atoms with Gasteiger partial charge >= 0.3 is 0 Å². The molecule has 5 nitrogen and oxygen atoms in total. The Hall–Kier alpha value is -1.88. The van der Waals surface area contributed by atoms with Gasteiger partial charge in [-0.3, -0.25) is 4.79 Å². The molecule has 1 fully saturated rings. The van der Waals surface area contributed by atoms with Crippen LogP contribution in [0.2, 0.25) is 5.02 Å². The quantitative estimate of drug-likeness (QED) is 0.887. The Morgan fingerprint density at radius 1 is 1.33 bits per heavy atom. The highest BCUT2D eigenvalue weighted by atomic mass is 35.5. The zero-order valence-electron chi connectivity index (χ0n) is 13.8. The smallest absolute Gasteiger partial charge is 0.229 e. The molecule has 1 saturated carbocycles. The Morgan fingerprint density at radius 3 is 2.79 bits per heavy atom. The molecule has 1 aliphatic rings. The molecule has 0 unspecified atom stereocenters. The van der Waals surface area contributed by atoms with E-state index in [-0.39, 0.29) is 18.4 Å². The molecule has 0 radical (unpaired) electrons. The summed E-state index contributed by atoms with van der Waals surface area (Å²) in [7, 11) is 0. The fourth-order valence-corrected chi connectivity index (χ4v) is 3.61. The van der Waals surface area contributed by atoms with Crippen LogP contribution < -0.4 is 5.32 Å². The molecule has 0 spiro atoms. The van der Waals surface area contributed by atoms with Crippen LogP contribution in [0.5, 0.6) is 0 Å². The minimum Gasteiger partial charge on any atom is -0.425 e. The molecule has 1 aliphatic carbocycles. The third kappa shape index (κ3) is 4.35. The zero-order valence-corrected chi connectivity index (χ0v) is 14.6. The molecule has 1 N–H and O–H groups in total. The Labute approximate surface area is 146 Å². The first-order chi connectivity index (χ1) is 11.6. The van der Waals surface area contributed by atoms with Gasteiger partial charge in [0, 0.05) is 11.9 Å². The molecule has 1 heterocycles. The highest BCUT2D eigenvalue weighted by molar-refractivity contribution is 6.30. The van der Waals surface area contributed by atoms with Crippen LogP contribution in [-0.2, 0) is 11.2 Å². The Bertz CT molecular complexity index is 695. The monoisotopic (exact) mass is 347 g/mol. The molecule has 3 rings (SSSR count). The first kappa shape index (κ1) is 17.0. The summed E-state index contributed by atoms with van der Waals surface area (Å²) in [5.74, 6) is 1.15. The summed E-state index contributed by atoms with van der Waals surface area (Å²) in [6.07, 6.45) is 6.04. The number of halogens is 1. The first-order valence-corrected chi connectivity index (χ1v) is 8.83. The van der Waals surface area contributed by atoms with Crippen LogP contribution in [0.3, 0.4) is 0 Å². The van der Waals surface area contributed by atoms with Crippen LogP contribution in [-0.4, -0.2) is 16.1 Å². The van der Waals surface area contributed by atoms with Crippen molar-refractivity contribution in [1.29, 1.82) is 0 Å². The second kappa shape index (κ2) is 7.79. The van der Waals surface area contributed by atoms with Crippen LogP contribution in [0.15, 0.2) is 28.7 Å². The van der Waals surface area contributed by atoms with Gasteiger partial charge in [-0.1, -0.05) is 43.0 Å². The van der Waals surface area contributed by atoms with Crippen LogP contribution in [0, 0.1) is 12.8 Å². The van der Waals surface area contributed by atoms with Crippen molar-refractivity contribution in [3.8, 4) is 0 Å². The standard InChI is InChI=1S/C18H22ClN3O2/c1-12-21-22-17(24-12)11-16(23)20-18(13-6-3-2-4-7-13)14-8-5-9-15(19)10-14/h5,8-10,13,18H,2-4,6-7,11H2,1H3,(H,20,23)/t18-/m0/s1. The largest absolute Gasteiger partial charge is 0.425 e. The highest BCUT2D eigenvalue weighted by Gasteiger charge is 2.27. The van der Waals surface area contributed by atoms with Gasteiger partial charge in [0.25, 0.3) is 0 Å². The van der Waals surface area contributed by atoms with E-state index >= 15 is 0 Å². The fourth-order valence-electron chi connectivity index (χ4n) is 3.41. The van der Waals surface area contributed by atoms with E-state index in [0.717, 1.165) is 18.4 Å². The van der Waals surface area contributed by atoms with Gasteiger partial charge in [0.15, 0.2) is 0 Å².